The van der Waals surface area contributed by atoms with Crippen molar-refractivity contribution in [1.82, 2.24) is 15.1 Å². The molecule has 0 aliphatic rings. The summed E-state index contributed by atoms with van der Waals surface area (Å²) in [6.45, 7) is 3.59. The molecule has 1 aromatic heterocycles. The van der Waals surface area contributed by atoms with Crippen LogP contribution in [-0.4, -0.2) is 34.3 Å². The highest BCUT2D eigenvalue weighted by molar-refractivity contribution is 6.05. The van der Waals surface area contributed by atoms with Gasteiger partial charge in [0.25, 0.3) is 5.91 Å². The van der Waals surface area contributed by atoms with Crippen molar-refractivity contribution in [2.24, 2.45) is 7.05 Å². The molecular weight excluding hydrogens is 258 g/mol. The molecule has 0 aliphatic heterocycles. The Morgan fingerprint density at radius 3 is 2.80 bits per heavy atom. The van der Waals surface area contributed by atoms with Gasteiger partial charge in [0.2, 0.25) is 0 Å². The van der Waals surface area contributed by atoms with Crippen LogP contribution in [0.4, 0.5) is 0 Å². The van der Waals surface area contributed by atoms with Gasteiger partial charge < -0.3 is 10.1 Å². The monoisotopic (exact) mass is 275 g/mol. The molecule has 0 spiro atoms. The van der Waals surface area contributed by atoms with E-state index in [0.717, 1.165) is 10.9 Å². The minimum atomic E-state index is -0.705. The van der Waals surface area contributed by atoms with Gasteiger partial charge in [0.05, 0.1) is 12.1 Å². The number of nitrogens with zero attached hydrogens (tertiary/aromatic N) is 2. The third kappa shape index (κ3) is 2.64. The number of carbonyl (C=O) groups is 2. The van der Waals surface area contributed by atoms with Crippen LogP contribution < -0.4 is 5.32 Å². The zero-order valence-electron chi connectivity index (χ0n) is 11.7. The molecule has 1 aromatic carbocycles. The summed E-state index contributed by atoms with van der Waals surface area (Å²) in [6, 6.07) is 6.73. The van der Waals surface area contributed by atoms with Gasteiger partial charge >= 0.3 is 5.97 Å². The zero-order chi connectivity index (χ0) is 14.7. The molecule has 0 aliphatic carbocycles. The predicted octanol–water partition coefficient (Wildman–Crippen LogP) is 1.25. The molecule has 0 bridgehead atoms. The Kier molecular flexibility index (Phi) is 4.02. The molecule has 0 saturated carbocycles. The van der Waals surface area contributed by atoms with Gasteiger partial charge in [-0.2, -0.15) is 5.10 Å². The first-order chi connectivity index (χ1) is 9.54. The predicted molar refractivity (Wildman–Crippen MR) is 74.3 cm³/mol. The Labute approximate surface area is 116 Å². The van der Waals surface area contributed by atoms with E-state index in [4.69, 9.17) is 4.74 Å². The number of hydrogen-bond donors (Lipinski definition) is 1. The van der Waals surface area contributed by atoms with Gasteiger partial charge in [-0.1, -0.05) is 18.2 Å². The minimum Gasteiger partial charge on any atom is -0.464 e. The Morgan fingerprint density at radius 2 is 2.10 bits per heavy atom. The molecule has 1 heterocycles. The van der Waals surface area contributed by atoms with Crippen molar-refractivity contribution in [3.63, 3.8) is 0 Å². The van der Waals surface area contributed by atoms with E-state index in [2.05, 4.69) is 10.4 Å². The number of rotatable bonds is 4. The van der Waals surface area contributed by atoms with Crippen molar-refractivity contribution in [2.75, 3.05) is 6.61 Å². The van der Waals surface area contributed by atoms with Crippen LogP contribution in [0.2, 0.25) is 0 Å². The largest absolute Gasteiger partial charge is 0.464 e. The maximum atomic E-state index is 12.2. The third-order valence-corrected chi connectivity index (χ3v) is 2.96. The molecule has 1 N–H and O–H groups in total. The second-order valence-electron chi connectivity index (χ2n) is 4.44. The number of nitrogens with one attached hydrogen (secondary N) is 1. The summed E-state index contributed by atoms with van der Waals surface area (Å²) in [4.78, 5) is 23.7. The SMILES string of the molecule is CCOC(=O)C(C)NC(=O)c1nn(C)c2ccccc12. The molecule has 0 fully saturated rings. The third-order valence-electron chi connectivity index (χ3n) is 2.96. The van der Waals surface area contributed by atoms with Crippen LogP contribution in [-0.2, 0) is 16.6 Å². The molecule has 0 saturated heterocycles. The lowest BCUT2D eigenvalue weighted by Gasteiger charge is -2.11. The molecule has 1 unspecified atom stereocenters. The number of carbonyl (C=O) groups excluding carboxylic acids is 2. The number of ether oxygens (including phenoxy) is 1. The first-order valence-electron chi connectivity index (χ1n) is 6.43. The van der Waals surface area contributed by atoms with E-state index < -0.39 is 12.0 Å². The second-order valence-corrected chi connectivity index (χ2v) is 4.44. The van der Waals surface area contributed by atoms with Crippen molar-refractivity contribution < 1.29 is 14.3 Å². The quantitative estimate of drug-likeness (QED) is 0.852. The summed E-state index contributed by atoms with van der Waals surface area (Å²) in [5, 5.41) is 7.55. The minimum absolute atomic E-state index is 0.283. The summed E-state index contributed by atoms with van der Waals surface area (Å²) in [7, 11) is 1.77. The highest BCUT2D eigenvalue weighted by atomic mass is 16.5. The Hall–Kier alpha value is -2.37. The number of fused-ring (bicyclic) bond motifs is 1. The van der Waals surface area contributed by atoms with Gasteiger partial charge in [0.1, 0.15) is 6.04 Å². The van der Waals surface area contributed by atoms with E-state index >= 15 is 0 Å². The lowest BCUT2D eigenvalue weighted by atomic mass is 10.2. The van der Waals surface area contributed by atoms with Crippen LogP contribution in [0.15, 0.2) is 24.3 Å². The molecule has 2 aromatic rings. The maximum Gasteiger partial charge on any atom is 0.328 e. The van der Waals surface area contributed by atoms with Gasteiger partial charge in [-0.3, -0.25) is 9.48 Å². The fraction of sp³-hybridized carbons (Fsp3) is 0.357. The zero-order valence-corrected chi connectivity index (χ0v) is 11.7. The average Bonchev–Trinajstić information content (AvgIpc) is 2.77. The highest BCUT2D eigenvalue weighted by Crippen LogP contribution is 2.17. The number of para-hydroxylation sites is 1. The molecule has 1 amide bonds. The topological polar surface area (TPSA) is 73.2 Å². The van der Waals surface area contributed by atoms with Crippen molar-refractivity contribution in [3.05, 3.63) is 30.0 Å². The van der Waals surface area contributed by atoms with Crippen LogP contribution in [0, 0.1) is 0 Å². The van der Waals surface area contributed by atoms with Crippen molar-refractivity contribution in [1.29, 1.82) is 0 Å². The molecule has 1 atom stereocenters. The number of esters is 1. The molecule has 2 rings (SSSR count). The Bertz CT molecular complexity index is 648. The number of hydrogen-bond acceptors (Lipinski definition) is 4. The van der Waals surface area contributed by atoms with E-state index in [1.807, 2.05) is 24.3 Å². The lowest BCUT2D eigenvalue weighted by Crippen LogP contribution is -2.39. The molecule has 20 heavy (non-hydrogen) atoms. The summed E-state index contributed by atoms with van der Waals surface area (Å²) in [6.07, 6.45) is 0. The molecule has 6 heteroatoms. The summed E-state index contributed by atoms with van der Waals surface area (Å²) >= 11 is 0. The lowest BCUT2D eigenvalue weighted by molar-refractivity contribution is -0.144. The molecule has 6 nitrogen and oxygen atoms in total. The Balaban J connectivity index is 2.22. The fourth-order valence-electron chi connectivity index (χ4n) is 1.97. The highest BCUT2D eigenvalue weighted by Gasteiger charge is 2.21. The molecular formula is C14H17N3O3. The number of aromatic nitrogens is 2. The Morgan fingerprint density at radius 1 is 1.40 bits per heavy atom. The van der Waals surface area contributed by atoms with E-state index in [1.165, 1.54) is 0 Å². The van der Waals surface area contributed by atoms with Crippen LogP contribution in [0.25, 0.3) is 10.9 Å². The molecule has 106 valence electrons. The molecule has 0 radical (unpaired) electrons. The van der Waals surface area contributed by atoms with Gasteiger partial charge in [0.15, 0.2) is 5.69 Å². The number of benzene rings is 1. The average molecular weight is 275 g/mol. The van der Waals surface area contributed by atoms with Crippen molar-refractivity contribution in [3.8, 4) is 0 Å². The maximum absolute atomic E-state index is 12.2. The first kappa shape index (κ1) is 14.0. The van der Waals surface area contributed by atoms with Crippen LogP contribution in [0.3, 0.4) is 0 Å². The van der Waals surface area contributed by atoms with Gasteiger partial charge in [-0.25, -0.2) is 4.79 Å². The first-order valence-corrected chi connectivity index (χ1v) is 6.43. The second kappa shape index (κ2) is 5.73. The normalized spacial score (nSPS) is 12.2. The standard InChI is InChI=1S/C14H17N3O3/c1-4-20-14(19)9(2)15-13(18)12-10-7-5-6-8-11(10)17(3)16-12/h5-9H,4H2,1-3H3,(H,15,18). The van der Waals surface area contributed by atoms with Gasteiger partial charge in [-0.15, -0.1) is 0 Å². The van der Waals surface area contributed by atoms with E-state index in [9.17, 15) is 9.59 Å². The van der Waals surface area contributed by atoms with Crippen LogP contribution in [0.1, 0.15) is 24.3 Å². The number of amides is 1. The van der Waals surface area contributed by atoms with E-state index in [-0.39, 0.29) is 12.5 Å². The van der Waals surface area contributed by atoms with Gasteiger partial charge in [0, 0.05) is 12.4 Å². The van der Waals surface area contributed by atoms with Gasteiger partial charge in [-0.05, 0) is 19.9 Å². The van der Waals surface area contributed by atoms with E-state index in [0.29, 0.717) is 5.69 Å². The van der Waals surface area contributed by atoms with Crippen LogP contribution >= 0.6 is 0 Å². The van der Waals surface area contributed by atoms with Crippen LogP contribution in [0.5, 0.6) is 0 Å². The van der Waals surface area contributed by atoms with E-state index in [1.54, 1.807) is 25.6 Å². The van der Waals surface area contributed by atoms with Crippen molar-refractivity contribution in [2.45, 2.75) is 19.9 Å². The summed E-state index contributed by atoms with van der Waals surface area (Å²) in [5.74, 6) is -0.844. The fourth-order valence-corrected chi connectivity index (χ4v) is 1.97. The number of aryl methyl sites for hydroxylation is 1. The smallest absolute Gasteiger partial charge is 0.328 e. The summed E-state index contributed by atoms with van der Waals surface area (Å²) < 4.78 is 6.49. The van der Waals surface area contributed by atoms with Crippen molar-refractivity contribution >= 4 is 22.8 Å². The summed E-state index contributed by atoms with van der Waals surface area (Å²) in [5.41, 5.74) is 1.17.